The summed E-state index contributed by atoms with van der Waals surface area (Å²) in [7, 11) is -1.03. The SMILES string of the molecule is CC(C)c1cc(C(C)(C)C)cc(N)c1S(C)=O. The summed E-state index contributed by atoms with van der Waals surface area (Å²) in [4.78, 5) is 0.799. The van der Waals surface area contributed by atoms with Crippen molar-refractivity contribution in [1.82, 2.24) is 0 Å². The summed E-state index contributed by atoms with van der Waals surface area (Å²) < 4.78 is 11.8. The first-order valence-electron chi connectivity index (χ1n) is 5.92. The number of nitrogens with two attached hydrogens (primary N) is 1. The van der Waals surface area contributed by atoms with Crippen LogP contribution in [-0.2, 0) is 16.2 Å². The number of benzene rings is 1. The van der Waals surface area contributed by atoms with Gasteiger partial charge in [-0.05, 0) is 28.5 Å². The van der Waals surface area contributed by atoms with E-state index in [0.29, 0.717) is 11.6 Å². The van der Waals surface area contributed by atoms with Crippen LogP contribution < -0.4 is 5.73 Å². The maximum absolute atomic E-state index is 11.8. The van der Waals surface area contributed by atoms with E-state index in [0.717, 1.165) is 10.5 Å². The van der Waals surface area contributed by atoms with E-state index >= 15 is 0 Å². The van der Waals surface area contributed by atoms with Gasteiger partial charge in [-0.2, -0.15) is 0 Å². The van der Waals surface area contributed by atoms with Crippen molar-refractivity contribution in [3.05, 3.63) is 23.3 Å². The van der Waals surface area contributed by atoms with Crippen LogP contribution in [0.15, 0.2) is 17.0 Å². The van der Waals surface area contributed by atoms with Gasteiger partial charge in [0.05, 0.1) is 15.7 Å². The lowest BCUT2D eigenvalue weighted by molar-refractivity contribution is 0.587. The number of anilines is 1. The minimum Gasteiger partial charge on any atom is -0.398 e. The van der Waals surface area contributed by atoms with Crippen molar-refractivity contribution in [3.63, 3.8) is 0 Å². The number of rotatable bonds is 2. The van der Waals surface area contributed by atoms with Crippen LogP contribution in [0.2, 0.25) is 0 Å². The van der Waals surface area contributed by atoms with Gasteiger partial charge < -0.3 is 5.73 Å². The Morgan fingerprint density at radius 1 is 1.24 bits per heavy atom. The van der Waals surface area contributed by atoms with Gasteiger partial charge in [0.25, 0.3) is 0 Å². The van der Waals surface area contributed by atoms with Gasteiger partial charge >= 0.3 is 0 Å². The van der Waals surface area contributed by atoms with Gasteiger partial charge in [-0.25, -0.2) is 0 Å². The maximum Gasteiger partial charge on any atom is 0.0649 e. The highest BCUT2D eigenvalue weighted by Crippen LogP contribution is 2.33. The minimum absolute atomic E-state index is 0.0610. The Kier molecular flexibility index (Phi) is 4.03. The zero-order valence-electron chi connectivity index (χ0n) is 11.6. The van der Waals surface area contributed by atoms with Crippen molar-refractivity contribution in [2.24, 2.45) is 0 Å². The van der Waals surface area contributed by atoms with Gasteiger partial charge in [0, 0.05) is 11.9 Å². The summed E-state index contributed by atoms with van der Waals surface area (Å²) in [5.41, 5.74) is 9.09. The van der Waals surface area contributed by atoms with E-state index in [4.69, 9.17) is 5.73 Å². The Morgan fingerprint density at radius 3 is 2.12 bits per heavy atom. The molecule has 0 aliphatic carbocycles. The molecule has 1 unspecified atom stereocenters. The molecule has 1 aromatic rings. The van der Waals surface area contributed by atoms with Gasteiger partial charge in [0.1, 0.15) is 0 Å². The quantitative estimate of drug-likeness (QED) is 0.821. The van der Waals surface area contributed by atoms with Gasteiger partial charge in [-0.15, -0.1) is 0 Å². The number of hydrogen-bond donors (Lipinski definition) is 1. The molecule has 1 atom stereocenters. The lowest BCUT2D eigenvalue weighted by Gasteiger charge is -2.23. The molecule has 1 aromatic carbocycles. The normalized spacial score (nSPS) is 14.1. The second kappa shape index (κ2) is 4.81. The number of hydrogen-bond acceptors (Lipinski definition) is 2. The van der Waals surface area contributed by atoms with Crippen molar-refractivity contribution < 1.29 is 4.21 Å². The highest BCUT2D eigenvalue weighted by molar-refractivity contribution is 7.84. The lowest BCUT2D eigenvalue weighted by atomic mass is 9.84. The maximum atomic E-state index is 11.8. The third-order valence-electron chi connectivity index (χ3n) is 2.92. The third kappa shape index (κ3) is 3.09. The molecule has 0 radical (unpaired) electrons. The first-order chi connectivity index (χ1) is 7.64. The molecule has 0 bridgehead atoms. The van der Waals surface area contributed by atoms with Crippen LogP contribution in [0.25, 0.3) is 0 Å². The van der Waals surface area contributed by atoms with Crippen molar-refractivity contribution in [3.8, 4) is 0 Å². The smallest absolute Gasteiger partial charge is 0.0649 e. The van der Waals surface area contributed by atoms with Gasteiger partial charge in [-0.1, -0.05) is 40.7 Å². The molecular weight excluding hydrogens is 230 g/mol. The van der Waals surface area contributed by atoms with Gasteiger partial charge in [-0.3, -0.25) is 4.21 Å². The summed E-state index contributed by atoms with van der Waals surface area (Å²) in [6.07, 6.45) is 1.69. The molecule has 0 aliphatic rings. The fraction of sp³-hybridized carbons (Fsp3) is 0.571. The molecule has 3 heteroatoms. The van der Waals surface area contributed by atoms with Crippen LogP contribution in [0.3, 0.4) is 0 Å². The molecule has 0 amide bonds. The van der Waals surface area contributed by atoms with E-state index in [2.05, 4.69) is 40.7 Å². The minimum atomic E-state index is -1.03. The van der Waals surface area contributed by atoms with Crippen LogP contribution >= 0.6 is 0 Å². The zero-order chi connectivity index (χ0) is 13.4. The molecular formula is C14H23NOS. The average Bonchev–Trinajstić information content (AvgIpc) is 2.13. The molecule has 2 nitrogen and oxygen atoms in total. The van der Waals surface area contributed by atoms with E-state index in [1.807, 2.05) is 6.07 Å². The van der Waals surface area contributed by atoms with Crippen molar-refractivity contribution in [2.75, 3.05) is 12.0 Å². The summed E-state index contributed by atoms with van der Waals surface area (Å²) in [6.45, 7) is 10.7. The van der Waals surface area contributed by atoms with Crippen molar-refractivity contribution >= 4 is 16.5 Å². The molecule has 0 saturated carbocycles. The van der Waals surface area contributed by atoms with E-state index in [-0.39, 0.29) is 5.41 Å². The van der Waals surface area contributed by atoms with Gasteiger partial charge in [0.15, 0.2) is 0 Å². The molecule has 0 saturated heterocycles. The van der Waals surface area contributed by atoms with Crippen LogP contribution in [0.1, 0.15) is 51.7 Å². The molecule has 17 heavy (non-hydrogen) atoms. The fourth-order valence-corrected chi connectivity index (χ4v) is 2.89. The molecule has 0 heterocycles. The largest absolute Gasteiger partial charge is 0.398 e. The zero-order valence-corrected chi connectivity index (χ0v) is 12.4. The van der Waals surface area contributed by atoms with Crippen molar-refractivity contribution in [1.29, 1.82) is 0 Å². The summed E-state index contributed by atoms with van der Waals surface area (Å²) >= 11 is 0. The average molecular weight is 253 g/mol. The van der Waals surface area contributed by atoms with E-state index in [9.17, 15) is 4.21 Å². The molecule has 0 fully saturated rings. The van der Waals surface area contributed by atoms with Crippen LogP contribution in [0.4, 0.5) is 5.69 Å². The lowest BCUT2D eigenvalue weighted by Crippen LogP contribution is -2.14. The van der Waals surface area contributed by atoms with Crippen molar-refractivity contribution in [2.45, 2.75) is 50.8 Å². The van der Waals surface area contributed by atoms with Crippen LogP contribution in [0, 0.1) is 0 Å². The third-order valence-corrected chi connectivity index (χ3v) is 3.97. The second-order valence-electron chi connectivity index (χ2n) is 5.84. The predicted molar refractivity (Wildman–Crippen MR) is 76.0 cm³/mol. The molecule has 2 N–H and O–H groups in total. The first kappa shape index (κ1) is 14.2. The molecule has 96 valence electrons. The number of nitrogen functional groups attached to an aromatic ring is 1. The van der Waals surface area contributed by atoms with Crippen LogP contribution in [0.5, 0.6) is 0 Å². The molecule has 1 rings (SSSR count). The van der Waals surface area contributed by atoms with E-state index < -0.39 is 10.8 Å². The predicted octanol–water partition coefficient (Wildman–Crippen LogP) is 3.43. The topological polar surface area (TPSA) is 43.1 Å². The Morgan fingerprint density at radius 2 is 1.76 bits per heavy atom. The summed E-state index contributed by atoms with van der Waals surface area (Å²) in [5, 5.41) is 0. The van der Waals surface area contributed by atoms with Gasteiger partial charge in [0.2, 0.25) is 0 Å². The highest BCUT2D eigenvalue weighted by Gasteiger charge is 2.20. The Labute approximate surface area is 107 Å². The first-order valence-corrected chi connectivity index (χ1v) is 7.47. The molecule has 0 aliphatic heterocycles. The Balaban J connectivity index is 3.52. The fourth-order valence-electron chi connectivity index (χ4n) is 1.87. The van der Waals surface area contributed by atoms with E-state index in [1.165, 1.54) is 5.56 Å². The highest BCUT2D eigenvalue weighted by atomic mass is 32.2. The summed E-state index contributed by atoms with van der Waals surface area (Å²) in [5.74, 6) is 0.332. The Hall–Kier alpha value is -0.830. The van der Waals surface area contributed by atoms with E-state index in [1.54, 1.807) is 6.26 Å². The molecule has 0 spiro atoms. The second-order valence-corrected chi connectivity index (χ2v) is 7.16. The monoisotopic (exact) mass is 253 g/mol. The summed E-state index contributed by atoms with van der Waals surface area (Å²) in [6, 6.07) is 4.11. The standard InChI is InChI=1S/C14H23NOS/c1-9(2)11-7-10(14(3,4)5)8-12(15)13(11)17(6)16/h7-9H,15H2,1-6H3. The molecule has 0 aromatic heterocycles. The van der Waals surface area contributed by atoms with Crippen LogP contribution in [-0.4, -0.2) is 10.5 Å². The Bertz CT molecular complexity index is 444.